The van der Waals surface area contributed by atoms with Crippen LogP contribution in [0.5, 0.6) is 0 Å². The Bertz CT molecular complexity index is 729. The third kappa shape index (κ3) is 2.59. The Morgan fingerprint density at radius 1 is 1.12 bits per heavy atom. The van der Waals surface area contributed by atoms with Gasteiger partial charge in [-0.15, -0.1) is 0 Å². The Hall–Kier alpha value is -2.60. The van der Waals surface area contributed by atoms with Crippen LogP contribution < -0.4 is 10.6 Å². The molecule has 6 heteroatoms. The average Bonchev–Trinajstić information content (AvgIpc) is 3.12. The molecule has 6 nitrogen and oxygen atoms in total. The molecule has 3 atom stereocenters. The fourth-order valence-corrected chi connectivity index (χ4v) is 3.75. The summed E-state index contributed by atoms with van der Waals surface area (Å²) in [5.41, 5.74) is 1.14. The number of imide groups is 1. The zero-order valence-corrected chi connectivity index (χ0v) is 13.1. The predicted molar refractivity (Wildman–Crippen MR) is 86.9 cm³/mol. The predicted octanol–water partition coefficient (Wildman–Crippen LogP) is 2.05. The summed E-state index contributed by atoms with van der Waals surface area (Å²) in [6, 6.07) is 13.3. The summed E-state index contributed by atoms with van der Waals surface area (Å²) in [6.45, 7) is 1.09. The van der Waals surface area contributed by atoms with Gasteiger partial charge in [0.1, 0.15) is 5.76 Å². The number of nitrogens with one attached hydrogen (secondary N) is 2. The van der Waals surface area contributed by atoms with E-state index in [0.717, 1.165) is 18.5 Å². The van der Waals surface area contributed by atoms with Gasteiger partial charge in [-0.05, 0) is 36.6 Å². The average molecular weight is 325 g/mol. The highest BCUT2D eigenvalue weighted by atomic mass is 16.3. The molecular formula is C18H19N3O3. The lowest BCUT2D eigenvalue weighted by Crippen LogP contribution is -2.67. The number of benzene rings is 1. The second-order valence-electron chi connectivity index (χ2n) is 6.23. The number of urea groups is 1. The Labute approximate surface area is 139 Å². The van der Waals surface area contributed by atoms with E-state index in [1.165, 1.54) is 0 Å². The molecule has 2 aliphatic heterocycles. The number of amides is 3. The van der Waals surface area contributed by atoms with E-state index in [-0.39, 0.29) is 29.9 Å². The molecule has 3 heterocycles. The van der Waals surface area contributed by atoms with Gasteiger partial charge in [-0.25, -0.2) is 4.79 Å². The number of fused-ring (bicyclic) bond motifs is 1. The molecule has 0 aliphatic carbocycles. The molecule has 2 N–H and O–H groups in total. The van der Waals surface area contributed by atoms with Crippen LogP contribution >= 0.6 is 0 Å². The second kappa shape index (κ2) is 6.13. The summed E-state index contributed by atoms with van der Waals surface area (Å²) in [7, 11) is 0. The quantitative estimate of drug-likeness (QED) is 0.906. The van der Waals surface area contributed by atoms with E-state index >= 15 is 0 Å². The molecule has 2 saturated heterocycles. The molecule has 2 fully saturated rings. The smallest absolute Gasteiger partial charge is 0.325 e. The molecular weight excluding hydrogens is 306 g/mol. The molecule has 3 unspecified atom stereocenters. The van der Waals surface area contributed by atoms with E-state index in [0.29, 0.717) is 12.3 Å². The van der Waals surface area contributed by atoms with Crippen molar-refractivity contribution >= 4 is 11.9 Å². The molecule has 0 spiro atoms. The summed E-state index contributed by atoms with van der Waals surface area (Å²) in [5, 5.41) is 5.85. The second-order valence-corrected chi connectivity index (χ2v) is 6.23. The first kappa shape index (κ1) is 15.0. The third-order valence-corrected chi connectivity index (χ3v) is 4.85. The van der Waals surface area contributed by atoms with Crippen LogP contribution in [0.4, 0.5) is 4.79 Å². The van der Waals surface area contributed by atoms with Crippen LogP contribution in [0, 0.1) is 5.92 Å². The van der Waals surface area contributed by atoms with Crippen LogP contribution in [0.15, 0.2) is 53.1 Å². The Balaban J connectivity index is 1.65. The van der Waals surface area contributed by atoms with Crippen LogP contribution in [0.25, 0.3) is 0 Å². The maximum atomic E-state index is 12.5. The van der Waals surface area contributed by atoms with Gasteiger partial charge in [-0.1, -0.05) is 30.3 Å². The molecule has 4 rings (SSSR count). The van der Waals surface area contributed by atoms with E-state index in [9.17, 15) is 9.59 Å². The molecule has 1 aromatic heterocycles. The minimum Gasteiger partial charge on any atom is -0.467 e. The highest BCUT2D eigenvalue weighted by Gasteiger charge is 2.47. The highest BCUT2D eigenvalue weighted by molar-refractivity contribution is 5.99. The third-order valence-electron chi connectivity index (χ3n) is 4.85. The van der Waals surface area contributed by atoms with Crippen molar-refractivity contribution in [3.63, 3.8) is 0 Å². The normalized spacial score (nSPS) is 26.8. The van der Waals surface area contributed by atoms with Crippen LogP contribution in [-0.2, 0) is 11.3 Å². The van der Waals surface area contributed by atoms with Crippen molar-refractivity contribution in [1.82, 2.24) is 15.5 Å². The fraction of sp³-hybridized carbons (Fsp3) is 0.333. The number of nitrogens with zero attached hydrogens (tertiary/aromatic N) is 1. The van der Waals surface area contributed by atoms with Crippen LogP contribution in [0.2, 0.25) is 0 Å². The first-order valence-electron chi connectivity index (χ1n) is 8.16. The number of rotatable bonds is 3. The van der Waals surface area contributed by atoms with Gasteiger partial charge in [0.2, 0.25) is 5.91 Å². The summed E-state index contributed by atoms with van der Waals surface area (Å²) >= 11 is 0. The lowest BCUT2D eigenvalue weighted by Gasteiger charge is -2.46. The molecule has 2 aromatic rings. The number of hydrogen-bond acceptors (Lipinski definition) is 4. The Morgan fingerprint density at radius 2 is 1.96 bits per heavy atom. The topological polar surface area (TPSA) is 74.6 Å². The van der Waals surface area contributed by atoms with Crippen molar-refractivity contribution in [3.8, 4) is 0 Å². The zero-order chi connectivity index (χ0) is 16.5. The fourth-order valence-electron chi connectivity index (χ4n) is 3.75. The summed E-state index contributed by atoms with van der Waals surface area (Å²) < 4.78 is 5.37. The number of hydrogen-bond donors (Lipinski definition) is 2. The number of carbonyl (C=O) groups is 2. The van der Waals surface area contributed by atoms with Gasteiger partial charge in [-0.2, -0.15) is 0 Å². The van der Waals surface area contributed by atoms with Crippen LogP contribution in [-0.4, -0.2) is 29.5 Å². The van der Waals surface area contributed by atoms with Crippen molar-refractivity contribution in [1.29, 1.82) is 0 Å². The first-order chi connectivity index (χ1) is 11.7. The first-order valence-corrected chi connectivity index (χ1v) is 8.16. The number of piperidine rings is 1. The van der Waals surface area contributed by atoms with E-state index in [1.54, 1.807) is 17.2 Å². The summed E-state index contributed by atoms with van der Waals surface area (Å²) in [5.74, 6) is 0.266. The SMILES string of the molecule is O=C1NC(=O)N(Cc2ccco2)C2NCCC(c3ccccc3)C12. The highest BCUT2D eigenvalue weighted by Crippen LogP contribution is 2.36. The maximum Gasteiger partial charge on any atom is 0.325 e. The molecule has 0 radical (unpaired) electrons. The van der Waals surface area contributed by atoms with Gasteiger partial charge in [-0.3, -0.25) is 15.4 Å². The minimum atomic E-state index is -0.376. The van der Waals surface area contributed by atoms with Crippen molar-refractivity contribution in [2.45, 2.75) is 25.0 Å². The van der Waals surface area contributed by atoms with Crippen molar-refractivity contribution in [2.24, 2.45) is 5.92 Å². The van der Waals surface area contributed by atoms with Gasteiger partial charge in [0.25, 0.3) is 0 Å². The van der Waals surface area contributed by atoms with E-state index < -0.39 is 0 Å². The largest absolute Gasteiger partial charge is 0.467 e. The Kier molecular flexibility index (Phi) is 3.82. The van der Waals surface area contributed by atoms with E-state index in [2.05, 4.69) is 10.6 Å². The van der Waals surface area contributed by atoms with Gasteiger partial charge in [0, 0.05) is 0 Å². The monoisotopic (exact) mass is 325 g/mol. The summed E-state index contributed by atoms with van der Waals surface area (Å²) in [6.07, 6.45) is 2.12. The molecule has 2 aliphatic rings. The zero-order valence-electron chi connectivity index (χ0n) is 13.1. The van der Waals surface area contributed by atoms with Crippen molar-refractivity contribution in [3.05, 3.63) is 60.1 Å². The van der Waals surface area contributed by atoms with Gasteiger partial charge in [0.15, 0.2) is 0 Å². The van der Waals surface area contributed by atoms with E-state index in [4.69, 9.17) is 4.42 Å². The molecule has 124 valence electrons. The van der Waals surface area contributed by atoms with Gasteiger partial charge < -0.3 is 9.32 Å². The van der Waals surface area contributed by atoms with Gasteiger partial charge in [0.05, 0.1) is 24.9 Å². The molecule has 24 heavy (non-hydrogen) atoms. The maximum absolute atomic E-state index is 12.5. The van der Waals surface area contributed by atoms with Crippen LogP contribution in [0.1, 0.15) is 23.7 Å². The minimum absolute atomic E-state index is 0.0876. The number of carbonyl (C=O) groups excluding carboxylic acids is 2. The van der Waals surface area contributed by atoms with Gasteiger partial charge >= 0.3 is 6.03 Å². The molecule has 1 aromatic carbocycles. The lowest BCUT2D eigenvalue weighted by molar-refractivity contribution is -0.131. The van der Waals surface area contributed by atoms with Crippen LogP contribution in [0.3, 0.4) is 0 Å². The lowest BCUT2D eigenvalue weighted by atomic mass is 9.77. The Morgan fingerprint density at radius 3 is 2.71 bits per heavy atom. The number of furan rings is 1. The molecule has 0 saturated carbocycles. The van der Waals surface area contributed by atoms with Crippen molar-refractivity contribution < 1.29 is 14.0 Å². The van der Waals surface area contributed by atoms with E-state index in [1.807, 2.05) is 36.4 Å². The standard InChI is InChI=1S/C18H19N3O3/c22-17-15-14(12-5-2-1-3-6-12)8-9-19-16(15)21(18(23)20-17)11-13-7-4-10-24-13/h1-7,10,14-16,19H,8-9,11H2,(H,20,22,23). The molecule has 0 bridgehead atoms. The van der Waals surface area contributed by atoms with Crippen molar-refractivity contribution in [2.75, 3.05) is 6.54 Å². The summed E-state index contributed by atoms with van der Waals surface area (Å²) in [4.78, 5) is 26.5. The molecule has 3 amide bonds.